The maximum absolute atomic E-state index is 12.0. The monoisotopic (exact) mass is 329 g/mol. The van der Waals surface area contributed by atoms with Crippen LogP contribution in [0.25, 0.3) is 0 Å². The summed E-state index contributed by atoms with van der Waals surface area (Å²) >= 11 is 0. The van der Waals surface area contributed by atoms with Gasteiger partial charge in [-0.1, -0.05) is 6.07 Å². The number of carbonyl (C=O) groups is 2. The molecule has 2 N–H and O–H groups in total. The fraction of sp³-hybridized carbons (Fsp3) is 0.579. The normalized spacial score (nSPS) is 20.0. The Morgan fingerprint density at radius 1 is 1.17 bits per heavy atom. The minimum Gasteiger partial charge on any atom is -0.356 e. The molecule has 5 heteroatoms. The van der Waals surface area contributed by atoms with E-state index in [1.165, 1.54) is 17.5 Å². The summed E-state index contributed by atoms with van der Waals surface area (Å²) < 4.78 is 0. The Morgan fingerprint density at radius 3 is 2.75 bits per heavy atom. The highest BCUT2D eigenvalue weighted by molar-refractivity contribution is 5.93. The van der Waals surface area contributed by atoms with Gasteiger partial charge in [0.05, 0.1) is 0 Å². The molecular weight excluding hydrogens is 302 g/mol. The van der Waals surface area contributed by atoms with Crippen molar-refractivity contribution in [3.63, 3.8) is 0 Å². The first-order chi connectivity index (χ1) is 11.6. The molecule has 1 aliphatic heterocycles. The van der Waals surface area contributed by atoms with Gasteiger partial charge in [-0.3, -0.25) is 9.59 Å². The number of fused-ring (bicyclic) bond motifs is 1. The third-order valence-electron chi connectivity index (χ3n) is 5.04. The smallest absolute Gasteiger partial charge is 0.224 e. The Bertz CT molecular complexity index is 615. The lowest BCUT2D eigenvalue weighted by Gasteiger charge is -2.12. The van der Waals surface area contributed by atoms with Gasteiger partial charge in [0.2, 0.25) is 11.8 Å². The van der Waals surface area contributed by atoms with Gasteiger partial charge in [0.1, 0.15) is 0 Å². The standard InChI is InChI=1S/C19H27N3O2/c1-22-10-9-14(13-22)12-20-18(23)7-8-19(24)21-17-6-5-15-3-2-4-16(15)11-17/h5-6,11,14H,2-4,7-10,12-13H2,1H3,(H,20,23)(H,21,24)/t14-/m1/s1. The SMILES string of the molecule is CN1CC[C@H](CNC(=O)CCC(=O)Nc2ccc3c(c2)CCC3)C1. The predicted octanol–water partition coefficient (Wildman–Crippen LogP) is 1.96. The second kappa shape index (κ2) is 7.79. The van der Waals surface area contributed by atoms with E-state index in [1.807, 2.05) is 6.07 Å². The van der Waals surface area contributed by atoms with Gasteiger partial charge in [0, 0.05) is 31.6 Å². The number of hydrogen-bond donors (Lipinski definition) is 2. The van der Waals surface area contributed by atoms with Crippen LogP contribution in [-0.2, 0) is 22.4 Å². The molecule has 0 unspecified atom stereocenters. The lowest BCUT2D eigenvalue weighted by molar-refractivity contribution is -0.124. The number of aryl methyl sites for hydroxylation is 2. The average molecular weight is 329 g/mol. The maximum Gasteiger partial charge on any atom is 0.224 e. The van der Waals surface area contributed by atoms with E-state index in [1.54, 1.807) is 0 Å². The van der Waals surface area contributed by atoms with Crippen molar-refractivity contribution in [3.8, 4) is 0 Å². The maximum atomic E-state index is 12.0. The molecule has 0 radical (unpaired) electrons. The number of nitrogens with zero attached hydrogens (tertiary/aromatic N) is 1. The van der Waals surface area contributed by atoms with E-state index in [-0.39, 0.29) is 24.7 Å². The van der Waals surface area contributed by atoms with Crippen LogP contribution in [0.15, 0.2) is 18.2 Å². The van der Waals surface area contributed by atoms with E-state index in [0.29, 0.717) is 5.92 Å². The number of amides is 2. The second-order valence-corrected chi connectivity index (χ2v) is 7.11. The van der Waals surface area contributed by atoms with Gasteiger partial charge < -0.3 is 15.5 Å². The first kappa shape index (κ1) is 17.0. The summed E-state index contributed by atoms with van der Waals surface area (Å²) in [4.78, 5) is 26.2. The van der Waals surface area contributed by atoms with Crippen LogP contribution in [0, 0.1) is 5.92 Å². The highest BCUT2D eigenvalue weighted by atomic mass is 16.2. The highest BCUT2D eigenvalue weighted by Crippen LogP contribution is 2.24. The lowest BCUT2D eigenvalue weighted by Crippen LogP contribution is -2.31. The Hall–Kier alpha value is -1.88. The predicted molar refractivity (Wildman–Crippen MR) is 94.9 cm³/mol. The van der Waals surface area contributed by atoms with Gasteiger partial charge in [-0.15, -0.1) is 0 Å². The van der Waals surface area contributed by atoms with E-state index in [0.717, 1.165) is 44.6 Å². The zero-order chi connectivity index (χ0) is 16.9. The molecule has 1 saturated heterocycles. The Labute approximate surface area is 143 Å². The summed E-state index contributed by atoms with van der Waals surface area (Å²) in [7, 11) is 2.10. The molecule has 0 aromatic heterocycles. The fourth-order valence-electron chi connectivity index (χ4n) is 3.64. The quantitative estimate of drug-likeness (QED) is 0.839. The van der Waals surface area contributed by atoms with Gasteiger partial charge in [-0.05, 0) is 68.5 Å². The van der Waals surface area contributed by atoms with Crippen LogP contribution in [0.4, 0.5) is 5.69 Å². The first-order valence-electron chi connectivity index (χ1n) is 8.97. The third kappa shape index (κ3) is 4.57. The van der Waals surface area contributed by atoms with Crippen molar-refractivity contribution in [1.82, 2.24) is 10.2 Å². The van der Waals surface area contributed by atoms with Gasteiger partial charge in [-0.25, -0.2) is 0 Å². The number of benzene rings is 1. The molecule has 1 aliphatic carbocycles. The molecule has 0 spiro atoms. The molecule has 5 nitrogen and oxygen atoms in total. The molecule has 3 rings (SSSR count). The van der Waals surface area contributed by atoms with Crippen LogP contribution in [0.3, 0.4) is 0 Å². The Balaban J connectivity index is 1.36. The molecule has 0 bridgehead atoms. The molecule has 2 amide bonds. The summed E-state index contributed by atoms with van der Waals surface area (Å²) in [6.45, 7) is 2.86. The van der Waals surface area contributed by atoms with Crippen molar-refractivity contribution in [1.29, 1.82) is 0 Å². The zero-order valence-electron chi connectivity index (χ0n) is 14.4. The topological polar surface area (TPSA) is 61.4 Å². The van der Waals surface area contributed by atoms with E-state index in [2.05, 4.69) is 34.7 Å². The molecule has 1 heterocycles. The van der Waals surface area contributed by atoms with Crippen LogP contribution >= 0.6 is 0 Å². The van der Waals surface area contributed by atoms with Crippen LogP contribution in [0.1, 0.15) is 36.8 Å². The number of likely N-dealkylation sites (tertiary alicyclic amines) is 1. The largest absolute Gasteiger partial charge is 0.356 e. The Kier molecular flexibility index (Phi) is 5.51. The van der Waals surface area contributed by atoms with Gasteiger partial charge in [0.25, 0.3) is 0 Å². The van der Waals surface area contributed by atoms with Gasteiger partial charge in [0.15, 0.2) is 0 Å². The van der Waals surface area contributed by atoms with E-state index in [9.17, 15) is 9.59 Å². The first-order valence-corrected chi connectivity index (χ1v) is 8.97. The van der Waals surface area contributed by atoms with Crippen molar-refractivity contribution in [3.05, 3.63) is 29.3 Å². The van der Waals surface area contributed by atoms with Crippen LogP contribution in [-0.4, -0.2) is 43.4 Å². The summed E-state index contributed by atoms with van der Waals surface area (Å²) in [5.41, 5.74) is 3.58. The number of anilines is 1. The van der Waals surface area contributed by atoms with Crippen molar-refractivity contribution in [2.45, 2.75) is 38.5 Å². The minimum absolute atomic E-state index is 0.0337. The van der Waals surface area contributed by atoms with Crippen molar-refractivity contribution in [2.24, 2.45) is 5.92 Å². The summed E-state index contributed by atoms with van der Waals surface area (Å²) in [5.74, 6) is 0.413. The molecule has 24 heavy (non-hydrogen) atoms. The zero-order valence-corrected chi connectivity index (χ0v) is 14.4. The van der Waals surface area contributed by atoms with Gasteiger partial charge in [-0.2, -0.15) is 0 Å². The van der Waals surface area contributed by atoms with Crippen molar-refractivity contribution in [2.75, 3.05) is 32.0 Å². The molecule has 1 fully saturated rings. The highest BCUT2D eigenvalue weighted by Gasteiger charge is 2.20. The molecule has 2 aliphatic rings. The summed E-state index contributed by atoms with van der Waals surface area (Å²) in [6.07, 6.45) is 5.05. The van der Waals surface area contributed by atoms with Crippen LogP contribution < -0.4 is 10.6 Å². The van der Waals surface area contributed by atoms with Crippen LogP contribution in [0.5, 0.6) is 0 Å². The molecule has 1 aromatic rings. The number of hydrogen-bond acceptors (Lipinski definition) is 3. The molecule has 1 atom stereocenters. The number of carbonyl (C=O) groups excluding carboxylic acids is 2. The van der Waals surface area contributed by atoms with E-state index in [4.69, 9.17) is 0 Å². The molecule has 130 valence electrons. The molecule has 0 saturated carbocycles. The summed E-state index contributed by atoms with van der Waals surface area (Å²) in [5, 5.41) is 5.86. The molecular formula is C19H27N3O2. The summed E-state index contributed by atoms with van der Waals surface area (Å²) in [6, 6.07) is 6.12. The van der Waals surface area contributed by atoms with Crippen molar-refractivity contribution >= 4 is 17.5 Å². The number of rotatable bonds is 6. The fourth-order valence-corrected chi connectivity index (χ4v) is 3.64. The minimum atomic E-state index is -0.0938. The van der Waals surface area contributed by atoms with Crippen molar-refractivity contribution < 1.29 is 9.59 Å². The second-order valence-electron chi connectivity index (χ2n) is 7.11. The number of nitrogens with one attached hydrogen (secondary N) is 2. The Morgan fingerprint density at radius 2 is 1.96 bits per heavy atom. The van der Waals surface area contributed by atoms with E-state index < -0.39 is 0 Å². The van der Waals surface area contributed by atoms with Gasteiger partial charge >= 0.3 is 0 Å². The van der Waals surface area contributed by atoms with E-state index >= 15 is 0 Å². The average Bonchev–Trinajstić information content (AvgIpc) is 3.19. The molecule has 1 aromatic carbocycles. The third-order valence-corrected chi connectivity index (χ3v) is 5.04. The lowest BCUT2D eigenvalue weighted by atomic mass is 10.1. The van der Waals surface area contributed by atoms with Crippen LogP contribution in [0.2, 0.25) is 0 Å².